The fourth-order valence-electron chi connectivity index (χ4n) is 2.14. The largest absolute Gasteiger partial charge is 0.298 e. The Hall–Kier alpha value is -2.55. The van der Waals surface area contributed by atoms with Crippen molar-refractivity contribution in [1.82, 2.24) is 4.98 Å². The Bertz CT molecular complexity index is 762. The molecule has 0 unspecified atom stereocenters. The summed E-state index contributed by atoms with van der Waals surface area (Å²) >= 11 is 0. The zero-order valence-corrected chi connectivity index (χ0v) is 10.0. The minimum absolute atomic E-state index is 0.328. The van der Waals surface area contributed by atoms with Gasteiger partial charge in [0.25, 0.3) is 0 Å². The summed E-state index contributed by atoms with van der Waals surface area (Å²) in [6, 6.07) is 13.9. The van der Waals surface area contributed by atoms with E-state index in [0.717, 1.165) is 16.5 Å². The minimum atomic E-state index is -0.414. The Balaban J connectivity index is 2.27. The van der Waals surface area contributed by atoms with E-state index in [0.29, 0.717) is 17.4 Å². The number of carbonyl (C=O) groups excluding carboxylic acids is 1. The predicted octanol–water partition coefficient (Wildman–Crippen LogP) is 3.85. The van der Waals surface area contributed by atoms with Crippen molar-refractivity contribution in [2.45, 2.75) is 0 Å². The molecular formula is C16H10FNO. The van der Waals surface area contributed by atoms with Crippen molar-refractivity contribution < 1.29 is 9.18 Å². The first kappa shape index (κ1) is 11.5. The second kappa shape index (κ2) is 4.61. The van der Waals surface area contributed by atoms with E-state index >= 15 is 0 Å². The van der Waals surface area contributed by atoms with Gasteiger partial charge in [-0.25, -0.2) is 4.39 Å². The second-order valence-corrected chi connectivity index (χ2v) is 4.24. The fourth-order valence-corrected chi connectivity index (χ4v) is 2.14. The summed E-state index contributed by atoms with van der Waals surface area (Å²) in [5.74, 6) is -0.414. The summed E-state index contributed by atoms with van der Waals surface area (Å²) in [5, 5.41) is 0.957. The highest BCUT2D eigenvalue weighted by atomic mass is 19.1. The highest BCUT2D eigenvalue weighted by molar-refractivity contribution is 5.94. The number of benzene rings is 2. The molecule has 1 heterocycles. The maximum absolute atomic E-state index is 14.1. The molecule has 0 atom stereocenters. The molecule has 19 heavy (non-hydrogen) atoms. The number of hydrogen-bond donors (Lipinski definition) is 0. The van der Waals surface area contributed by atoms with Crippen LogP contribution in [0.3, 0.4) is 0 Å². The summed E-state index contributed by atoms with van der Waals surface area (Å²) in [4.78, 5) is 14.9. The third-order valence-electron chi connectivity index (χ3n) is 3.05. The number of carbonyl (C=O) groups is 1. The third kappa shape index (κ3) is 1.99. The van der Waals surface area contributed by atoms with Gasteiger partial charge in [-0.3, -0.25) is 9.78 Å². The van der Waals surface area contributed by atoms with Crippen LogP contribution in [0, 0.1) is 5.82 Å². The number of nitrogens with zero attached hydrogens (tertiary/aromatic N) is 1. The van der Waals surface area contributed by atoms with Crippen LogP contribution in [0.4, 0.5) is 4.39 Å². The van der Waals surface area contributed by atoms with Crippen LogP contribution in [0.2, 0.25) is 0 Å². The van der Waals surface area contributed by atoms with Crippen molar-refractivity contribution in [3.63, 3.8) is 0 Å². The highest BCUT2D eigenvalue weighted by Gasteiger charge is 2.09. The molecular weight excluding hydrogens is 241 g/mol. The molecule has 0 amide bonds. The Morgan fingerprint density at radius 1 is 1.00 bits per heavy atom. The fraction of sp³-hybridized carbons (Fsp3) is 0. The number of aromatic nitrogens is 1. The van der Waals surface area contributed by atoms with Crippen molar-refractivity contribution in [3.05, 3.63) is 66.1 Å². The number of pyridine rings is 1. The average Bonchev–Trinajstić information content (AvgIpc) is 2.46. The summed E-state index contributed by atoms with van der Waals surface area (Å²) in [6.07, 6.45) is 2.32. The maximum atomic E-state index is 14.1. The average molecular weight is 251 g/mol. The van der Waals surface area contributed by atoms with Gasteiger partial charge in [0.1, 0.15) is 12.1 Å². The van der Waals surface area contributed by atoms with Crippen LogP contribution in [-0.4, -0.2) is 11.3 Å². The Morgan fingerprint density at radius 3 is 2.63 bits per heavy atom. The van der Waals surface area contributed by atoms with Crippen LogP contribution >= 0.6 is 0 Å². The lowest BCUT2D eigenvalue weighted by Gasteiger charge is -2.07. The number of aldehydes is 1. The van der Waals surface area contributed by atoms with Gasteiger partial charge in [0, 0.05) is 28.3 Å². The van der Waals surface area contributed by atoms with Crippen molar-refractivity contribution in [2.24, 2.45) is 0 Å². The molecule has 1 aromatic heterocycles. The molecule has 0 aliphatic heterocycles. The first-order valence-corrected chi connectivity index (χ1v) is 5.88. The maximum Gasteiger partial charge on any atom is 0.150 e. The van der Waals surface area contributed by atoms with Gasteiger partial charge >= 0.3 is 0 Å². The molecule has 0 bridgehead atoms. The predicted molar refractivity (Wildman–Crippen MR) is 72.5 cm³/mol. The first-order chi connectivity index (χ1) is 9.29. The molecule has 0 radical (unpaired) electrons. The van der Waals surface area contributed by atoms with Crippen LogP contribution in [0.25, 0.3) is 22.0 Å². The van der Waals surface area contributed by atoms with Crippen LogP contribution in [-0.2, 0) is 0 Å². The topological polar surface area (TPSA) is 30.0 Å². The zero-order valence-electron chi connectivity index (χ0n) is 10.0. The lowest BCUT2D eigenvalue weighted by atomic mass is 10.0. The molecule has 2 aromatic carbocycles. The monoisotopic (exact) mass is 251 g/mol. The summed E-state index contributed by atoms with van der Waals surface area (Å²) in [6.45, 7) is 0. The van der Waals surface area contributed by atoms with Gasteiger partial charge in [-0.2, -0.15) is 0 Å². The molecule has 2 nitrogen and oxygen atoms in total. The number of fused-ring (bicyclic) bond motifs is 1. The molecule has 3 rings (SSSR count). The normalized spacial score (nSPS) is 10.6. The Kier molecular flexibility index (Phi) is 2.80. The number of rotatable bonds is 2. The summed E-state index contributed by atoms with van der Waals surface area (Å²) in [7, 11) is 0. The molecule has 0 saturated carbocycles. The number of para-hydroxylation sites is 1. The minimum Gasteiger partial charge on any atom is -0.298 e. The quantitative estimate of drug-likeness (QED) is 0.647. The number of hydrogen-bond acceptors (Lipinski definition) is 2. The van der Waals surface area contributed by atoms with E-state index in [9.17, 15) is 9.18 Å². The van der Waals surface area contributed by atoms with Crippen LogP contribution in [0.1, 0.15) is 10.4 Å². The molecule has 92 valence electrons. The molecule has 0 spiro atoms. The van der Waals surface area contributed by atoms with Gasteiger partial charge < -0.3 is 0 Å². The van der Waals surface area contributed by atoms with E-state index in [-0.39, 0.29) is 0 Å². The molecule has 0 saturated heterocycles. The smallest absolute Gasteiger partial charge is 0.150 e. The molecule has 0 aliphatic carbocycles. The van der Waals surface area contributed by atoms with Crippen molar-refractivity contribution >= 4 is 17.2 Å². The SMILES string of the molecule is O=Cc1ccc(-c2cccc3cccnc23)c(F)c1. The van der Waals surface area contributed by atoms with Gasteiger partial charge in [-0.1, -0.05) is 36.4 Å². The van der Waals surface area contributed by atoms with E-state index in [1.54, 1.807) is 18.3 Å². The van der Waals surface area contributed by atoms with E-state index < -0.39 is 5.82 Å². The van der Waals surface area contributed by atoms with E-state index in [1.807, 2.05) is 30.3 Å². The van der Waals surface area contributed by atoms with E-state index in [2.05, 4.69) is 4.98 Å². The molecule has 0 aliphatic rings. The lowest BCUT2D eigenvalue weighted by Crippen LogP contribution is -1.90. The van der Waals surface area contributed by atoms with Gasteiger partial charge in [0.15, 0.2) is 0 Å². The Labute approximate surface area is 109 Å². The molecule has 0 N–H and O–H groups in total. The van der Waals surface area contributed by atoms with E-state index in [4.69, 9.17) is 0 Å². The highest BCUT2D eigenvalue weighted by Crippen LogP contribution is 2.29. The van der Waals surface area contributed by atoms with Crippen LogP contribution < -0.4 is 0 Å². The lowest BCUT2D eigenvalue weighted by molar-refractivity contribution is 0.112. The second-order valence-electron chi connectivity index (χ2n) is 4.24. The summed E-state index contributed by atoms with van der Waals surface area (Å²) < 4.78 is 14.1. The standard InChI is InChI=1S/C16H10FNO/c17-15-9-11(10-19)6-7-13(15)14-5-1-3-12-4-2-8-18-16(12)14/h1-10H. The van der Waals surface area contributed by atoms with Crippen LogP contribution in [0.15, 0.2) is 54.7 Å². The van der Waals surface area contributed by atoms with Gasteiger partial charge in [-0.05, 0) is 12.1 Å². The number of halogens is 1. The van der Waals surface area contributed by atoms with Crippen molar-refractivity contribution in [1.29, 1.82) is 0 Å². The third-order valence-corrected chi connectivity index (χ3v) is 3.05. The molecule has 0 fully saturated rings. The van der Waals surface area contributed by atoms with Gasteiger partial charge in [-0.15, -0.1) is 0 Å². The van der Waals surface area contributed by atoms with Crippen molar-refractivity contribution in [3.8, 4) is 11.1 Å². The summed E-state index contributed by atoms with van der Waals surface area (Å²) in [5.41, 5.74) is 2.26. The van der Waals surface area contributed by atoms with Crippen molar-refractivity contribution in [2.75, 3.05) is 0 Å². The zero-order chi connectivity index (χ0) is 13.2. The Morgan fingerprint density at radius 2 is 1.84 bits per heavy atom. The van der Waals surface area contributed by atoms with Gasteiger partial charge in [0.2, 0.25) is 0 Å². The first-order valence-electron chi connectivity index (χ1n) is 5.88. The van der Waals surface area contributed by atoms with Gasteiger partial charge in [0.05, 0.1) is 5.52 Å². The molecule has 3 aromatic rings. The molecule has 3 heteroatoms. The van der Waals surface area contributed by atoms with Crippen LogP contribution in [0.5, 0.6) is 0 Å². The van der Waals surface area contributed by atoms with E-state index in [1.165, 1.54) is 6.07 Å².